The number of esters is 2. The molecule has 0 aliphatic carbocycles. The predicted octanol–water partition coefficient (Wildman–Crippen LogP) is 3.72. The lowest BCUT2D eigenvalue weighted by Gasteiger charge is -2.21. The van der Waals surface area contributed by atoms with Gasteiger partial charge in [-0.25, -0.2) is 9.59 Å². The van der Waals surface area contributed by atoms with E-state index in [-0.39, 0.29) is 11.1 Å². The number of hydrogen-bond donors (Lipinski definition) is 1. The van der Waals surface area contributed by atoms with E-state index in [0.717, 1.165) is 10.6 Å². The van der Waals surface area contributed by atoms with Crippen LogP contribution in [0.3, 0.4) is 0 Å². The summed E-state index contributed by atoms with van der Waals surface area (Å²) in [6.45, 7) is 0. The number of carbonyl (C=O) groups excluding carboxylic acids is 2. The lowest BCUT2D eigenvalue weighted by atomic mass is 10.1. The van der Waals surface area contributed by atoms with Gasteiger partial charge in [-0.15, -0.1) is 0 Å². The van der Waals surface area contributed by atoms with Gasteiger partial charge in [0, 0.05) is 16.3 Å². The number of rotatable bonds is 6. The van der Waals surface area contributed by atoms with Gasteiger partial charge >= 0.3 is 11.9 Å². The van der Waals surface area contributed by atoms with Gasteiger partial charge in [-0.1, -0.05) is 60.7 Å². The molecule has 3 rings (SSSR count). The van der Waals surface area contributed by atoms with Crippen molar-refractivity contribution in [1.29, 1.82) is 0 Å². The lowest BCUT2D eigenvalue weighted by molar-refractivity contribution is 0.0599. The summed E-state index contributed by atoms with van der Waals surface area (Å²) in [6, 6.07) is 24.9. The summed E-state index contributed by atoms with van der Waals surface area (Å²) >= 11 is 0. The summed E-state index contributed by atoms with van der Waals surface area (Å²) in [5, 5.41) is 5.73. The molecule has 0 amide bonds. The molecule has 0 atom stereocenters. The Balaban J connectivity index is 2.05. The Morgan fingerprint density at radius 1 is 0.714 bits per heavy atom. The van der Waals surface area contributed by atoms with Crippen LogP contribution in [0.1, 0.15) is 20.7 Å². The van der Waals surface area contributed by atoms with Crippen molar-refractivity contribution >= 4 is 36.3 Å². The molecular weight excluding hydrogens is 373 g/mol. The average molecular weight is 393 g/mol. The number of benzene rings is 3. The van der Waals surface area contributed by atoms with Gasteiger partial charge < -0.3 is 14.6 Å². The molecule has 0 unspecified atom stereocenters. The monoisotopic (exact) mass is 393 g/mol. The van der Waals surface area contributed by atoms with E-state index in [1.165, 1.54) is 20.3 Å². The Morgan fingerprint density at radius 3 is 1.54 bits per heavy atom. The van der Waals surface area contributed by atoms with Crippen molar-refractivity contribution in [2.45, 2.75) is 0 Å². The first-order valence-corrected chi connectivity index (χ1v) is 9.95. The number of nitrogens with one attached hydrogen (secondary N) is 1. The Labute approximate surface area is 165 Å². The van der Waals surface area contributed by atoms with Gasteiger partial charge in [0.05, 0.1) is 33.4 Å². The zero-order chi connectivity index (χ0) is 19.9. The molecule has 0 aromatic heterocycles. The Kier molecular flexibility index (Phi) is 6.41. The van der Waals surface area contributed by atoms with Crippen LogP contribution in [0.15, 0.2) is 78.9 Å². The van der Waals surface area contributed by atoms with Gasteiger partial charge in [0.1, 0.15) is 0 Å². The second kappa shape index (κ2) is 9.16. The number of ether oxygens (including phenoxy) is 2. The van der Waals surface area contributed by atoms with Crippen LogP contribution < -0.4 is 15.7 Å². The van der Waals surface area contributed by atoms with Gasteiger partial charge in [-0.2, -0.15) is 0 Å². The molecule has 0 fully saturated rings. The minimum Gasteiger partial charge on any atom is -0.465 e. The maximum absolute atomic E-state index is 12.1. The molecule has 0 radical (unpaired) electrons. The smallest absolute Gasteiger partial charge is 0.337 e. The number of anilines is 1. The molecule has 0 bridgehead atoms. The maximum Gasteiger partial charge on any atom is 0.337 e. The molecule has 5 nitrogen and oxygen atoms in total. The van der Waals surface area contributed by atoms with Crippen molar-refractivity contribution in [3.8, 4) is 0 Å². The van der Waals surface area contributed by atoms with E-state index >= 15 is 0 Å². The standard InChI is InChI=1S/C22H20NO4P/c1-26-21(24)16-13-17(22(25)27-2)15-18(14-16)23-28(19-9-5-3-6-10-19)20-11-7-4-8-12-20/h3-15,23H,1-2H3. The summed E-state index contributed by atoms with van der Waals surface area (Å²) in [4.78, 5) is 24.1. The number of hydrogen-bond acceptors (Lipinski definition) is 5. The predicted molar refractivity (Wildman–Crippen MR) is 112 cm³/mol. The van der Waals surface area contributed by atoms with Crippen LogP contribution in [0.5, 0.6) is 0 Å². The highest BCUT2D eigenvalue weighted by Gasteiger charge is 2.18. The maximum atomic E-state index is 12.1. The van der Waals surface area contributed by atoms with Crippen molar-refractivity contribution < 1.29 is 19.1 Å². The van der Waals surface area contributed by atoms with Gasteiger partial charge in [0.25, 0.3) is 0 Å². The minimum absolute atomic E-state index is 0.281. The molecule has 0 aliphatic rings. The molecule has 142 valence electrons. The van der Waals surface area contributed by atoms with Crippen LogP contribution in [-0.2, 0) is 9.47 Å². The van der Waals surface area contributed by atoms with E-state index in [2.05, 4.69) is 29.4 Å². The molecular formula is C22H20NO4P. The van der Waals surface area contributed by atoms with Crippen LogP contribution in [0.4, 0.5) is 5.69 Å². The van der Waals surface area contributed by atoms with E-state index in [9.17, 15) is 9.59 Å². The molecule has 0 spiro atoms. The molecule has 6 heteroatoms. The van der Waals surface area contributed by atoms with Crippen molar-refractivity contribution in [3.05, 3.63) is 90.0 Å². The minimum atomic E-state index is -0.953. The zero-order valence-corrected chi connectivity index (χ0v) is 16.5. The van der Waals surface area contributed by atoms with Gasteiger partial charge in [-0.05, 0) is 18.2 Å². The Bertz CT molecular complexity index is 887. The molecule has 0 saturated heterocycles. The molecule has 0 heterocycles. The summed E-state index contributed by atoms with van der Waals surface area (Å²) in [6.07, 6.45) is 0. The Morgan fingerprint density at radius 2 is 1.14 bits per heavy atom. The fraction of sp³-hybridized carbons (Fsp3) is 0.0909. The quantitative estimate of drug-likeness (QED) is 0.511. The normalized spacial score (nSPS) is 10.4. The number of methoxy groups -OCH3 is 2. The van der Waals surface area contributed by atoms with Gasteiger partial charge in [-0.3, -0.25) is 0 Å². The molecule has 3 aromatic carbocycles. The largest absolute Gasteiger partial charge is 0.465 e. The third kappa shape index (κ3) is 4.56. The highest BCUT2D eigenvalue weighted by Crippen LogP contribution is 2.35. The van der Waals surface area contributed by atoms with Crippen molar-refractivity contribution in [2.75, 3.05) is 19.3 Å². The third-order valence-electron chi connectivity index (χ3n) is 4.04. The van der Waals surface area contributed by atoms with Crippen molar-refractivity contribution in [1.82, 2.24) is 0 Å². The van der Waals surface area contributed by atoms with Crippen molar-refractivity contribution in [3.63, 3.8) is 0 Å². The van der Waals surface area contributed by atoms with E-state index < -0.39 is 20.0 Å². The van der Waals surface area contributed by atoms with Crippen LogP contribution in [-0.4, -0.2) is 26.2 Å². The van der Waals surface area contributed by atoms with Crippen LogP contribution in [0.25, 0.3) is 0 Å². The van der Waals surface area contributed by atoms with Gasteiger partial charge in [0.15, 0.2) is 0 Å². The highest BCUT2D eigenvalue weighted by atomic mass is 31.1. The first-order chi connectivity index (χ1) is 13.6. The van der Waals surface area contributed by atoms with E-state index in [0.29, 0.717) is 5.69 Å². The molecule has 0 aliphatic heterocycles. The summed E-state index contributed by atoms with van der Waals surface area (Å²) < 4.78 is 9.64. The second-order valence-electron chi connectivity index (χ2n) is 5.90. The second-order valence-corrected chi connectivity index (χ2v) is 7.83. The summed E-state index contributed by atoms with van der Waals surface area (Å²) in [7, 11) is 1.66. The number of carbonyl (C=O) groups is 2. The molecule has 3 aromatic rings. The molecule has 1 N–H and O–H groups in total. The van der Waals surface area contributed by atoms with E-state index in [4.69, 9.17) is 9.47 Å². The van der Waals surface area contributed by atoms with Crippen LogP contribution in [0.2, 0.25) is 0 Å². The first kappa shape index (κ1) is 19.6. The average Bonchev–Trinajstić information content (AvgIpc) is 2.77. The fourth-order valence-corrected chi connectivity index (χ4v) is 4.61. The molecule has 0 saturated carbocycles. The van der Waals surface area contributed by atoms with E-state index in [1.807, 2.05) is 36.4 Å². The van der Waals surface area contributed by atoms with E-state index in [1.54, 1.807) is 12.1 Å². The topological polar surface area (TPSA) is 64.6 Å². The summed E-state index contributed by atoms with van der Waals surface area (Å²) in [5.41, 5.74) is 1.20. The van der Waals surface area contributed by atoms with Crippen LogP contribution >= 0.6 is 8.07 Å². The third-order valence-corrected chi connectivity index (χ3v) is 6.16. The van der Waals surface area contributed by atoms with Crippen molar-refractivity contribution in [2.24, 2.45) is 0 Å². The zero-order valence-electron chi connectivity index (χ0n) is 15.6. The van der Waals surface area contributed by atoms with Gasteiger partial charge in [0.2, 0.25) is 0 Å². The Hall–Kier alpha value is -3.17. The SMILES string of the molecule is COC(=O)c1cc(NP(c2ccccc2)c2ccccc2)cc(C(=O)OC)c1. The van der Waals surface area contributed by atoms with Crippen LogP contribution in [0, 0.1) is 0 Å². The fourth-order valence-electron chi connectivity index (χ4n) is 2.72. The lowest BCUT2D eigenvalue weighted by Crippen LogP contribution is -2.17. The molecule has 28 heavy (non-hydrogen) atoms. The summed E-state index contributed by atoms with van der Waals surface area (Å²) in [5.74, 6) is -1.03. The first-order valence-electron chi connectivity index (χ1n) is 8.61. The highest BCUT2D eigenvalue weighted by molar-refractivity contribution is 7.74.